The quantitative estimate of drug-likeness (QED) is 0.413. The molecule has 3 aromatic carbocycles. The van der Waals surface area contributed by atoms with Gasteiger partial charge in [-0.25, -0.2) is 0 Å². The first kappa shape index (κ1) is 21.1. The van der Waals surface area contributed by atoms with E-state index in [4.69, 9.17) is 9.47 Å². The fourth-order valence-electron chi connectivity index (χ4n) is 3.67. The molecule has 5 nitrogen and oxygen atoms in total. The van der Waals surface area contributed by atoms with Crippen molar-refractivity contribution >= 4 is 23.5 Å². The Morgan fingerprint density at radius 2 is 1.47 bits per heavy atom. The highest BCUT2D eigenvalue weighted by atomic mass is 16.5. The van der Waals surface area contributed by atoms with Crippen LogP contribution in [0.1, 0.15) is 27.0 Å². The highest BCUT2D eigenvalue weighted by Gasteiger charge is 2.34. The number of amides is 2. The van der Waals surface area contributed by atoms with Crippen molar-refractivity contribution in [2.45, 2.75) is 6.54 Å². The van der Waals surface area contributed by atoms with Crippen LogP contribution < -0.4 is 9.47 Å². The predicted molar refractivity (Wildman–Crippen MR) is 124 cm³/mol. The van der Waals surface area contributed by atoms with Gasteiger partial charge in [0.15, 0.2) is 0 Å². The normalized spacial score (nSPS) is 14.7. The van der Waals surface area contributed by atoms with E-state index >= 15 is 0 Å². The number of allylic oxidation sites excluding steroid dienone is 2. The molecule has 0 bridgehead atoms. The maximum absolute atomic E-state index is 13.3. The number of ether oxygens (including phenoxy) is 2. The molecule has 1 aliphatic heterocycles. The Bertz CT molecular complexity index is 1210. The number of nitrogens with zero attached hydrogens (tertiary/aromatic N) is 1. The monoisotopic (exact) mass is 425 g/mol. The lowest BCUT2D eigenvalue weighted by Crippen LogP contribution is -2.41. The van der Waals surface area contributed by atoms with Gasteiger partial charge in [0.05, 0.1) is 20.8 Å². The molecule has 0 unspecified atom stereocenters. The van der Waals surface area contributed by atoms with Crippen LogP contribution in [-0.2, 0) is 11.3 Å². The molecule has 160 valence electrons. The number of para-hydroxylation sites is 1. The van der Waals surface area contributed by atoms with Gasteiger partial charge < -0.3 is 9.47 Å². The van der Waals surface area contributed by atoms with Crippen molar-refractivity contribution < 1.29 is 19.1 Å². The van der Waals surface area contributed by atoms with E-state index in [1.54, 1.807) is 38.5 Å². The van der Waals surface area contributed by atoms with E-state index in [1.807, 2.05) is 66.7 Å². The van der Waals surface area contributed by atoms with E-state index in [9.17, 15) is 9.59 Å². The van der Waals surface area contributed by atoms with Crippen molar-refractivity contribution in [1.29, 1.82) is 0 Å². The van der Waals surface area contributed by atoms with E-state index < -0.39 is 0 Å². The standard InChI is InChI=1S/C27H23NO4/c1-31-21-16-14-19(15-17-21)18-28-26(29)23-11-5-4-10-22(23)24(27(28)30)12-7-9-20-8-3-6-13-25(20)32-2/h3-17H,18H2,1-2H3/b9-7-,24-12+. The Balaban J connectivity index is 1.68. The molecule has 2 amide bonds. The highest BCUT2D eigenvalue weighted by molar-refractivity contribution is 6.31. The van der Waals surface area contributed by atoms with E-state index in [2.05, 4.69) is 0 Å². The Kier molecular flexibility index (Phi) is 6.17. The zero-order valence-electron chi connectivity index (χ0n) is 17.9. The third kappa shape index (κ3) is 4.18. The molecule has 32 heavy (non-hydrogen) atoms. The SMILES string of the molecule is COc1ccc(CN2C(=O)/C(=C/C=C\c3ccccc3OC)c3ccccc3C2=O)cc1. The summed E-state index contributed by atoms with van der Waals surface area (Å²) < 4.78 is 10.6. The third-order valence-electron chi connectivity index (χ3n) is 5.35. The molecule has 3 aromatic rings. The van der Waals surface area contributed by atoms with Gasteiger partial charge in [-0.2, -0.15) is 0 Å². The van der Waals surface area contributed by atoms with Gasteiger partial charge in [-0.15, -0.1) is 0 Å². The second kappa shape index (κ2) is 9.35. The maximum atomic E-state index is 13.3. The first-order valence-electron chi connectivity index (χ1n) is 10.2. The number of methoxy groups -OCH3 is 2. The molecular formula is C27H23NO4. The van der Waals surface area contributed by atoms with Gasteiger partial charge in [-0.1, -0.05) is 60.7 Å². The Hall–Kier alpha value is -4.12. The lowest BCUT2D eigenvalue weighted by atomic mass is 9.92. The molecule has 5 heteroatoms. The van der Waals surface area contributed by atoms with Crippen LogP contribution >= 0.6 is 0 Å². The van der Waals surface area contributed by atoms with E-state index in [1.165, 1.54) is 4.90 Å². The fraction of sp³-hybridized carbons (Fsp3) is 0.111. The Morgan fingerprint density at radius 3 is 2.19 bits per heavy atom. The van der Waals surface area contributed by atoms with Crippen LogP contribution in [0.4, 0.5) is 0 Å². The number of hydrogen-bond acceptors (Lipinski definition) is 4. The van der Waals surface area contributed by atoms with Crippen LogP contribution in [0.15, 0.2) is 84.9 Å². The van der Waals surface area contributed by atoms with Crippen LogP contribution in [0.2, 0.25) is 0 Å². The van der Waals surface area contributed by atoms with Gasteiger partial charge in [0.25, 0.3) is 11.8 Å². The number of rotatable bonds is 6. The first-order valence-corrected chi connectivity index (χ1v) is 10.2. The van der Waals surface area contributed by atoms with Gasteiger partial charge >= 0.3 is 0 Å². The van der Waals surface area contributed by atoms with E-state index in [-0.39, 0.29) is 18.4 Å². The van der Waals surface area contributed by atoms with Crippen molar-refractivity contribution in [3.05, 3.63) is 107 Å². The number of imide groups is 1. The lowest BCUT2D eigenvalue weighted by Gasteiger charge is -2.28. The summed E-state index contributed by atoms with van der Waals surface area (Å²) in [6.07, 6.45) is 5.44. The summed E-state index contributed by atoms with van der Waals surface area (Å²) >= 11 is 0. The molecule has 4 rings (SSSR count). The van der Waals surface area contributed by atoms with Crippen LogP contribution in [0.25, 0.3) is 11.6 Å². The van der Waals surface area contributed by atoms with E-state index in [0.29, 0.717) is 16.7 Å². The summed E-state index contributed by atoms with van der Waals surface area (Å²) in [6.45, 7) is 0.184. The largest absolute Gasteiger partial charge is 0.497 e. The molecule has 0 aliphatic carbocycles. The molecule has 1 heterocycles. The third-order valence-corrected chi connectivity index (χ3v) is 5.35. The lowest BCUT2D eigenvalue weighted by molar-refractivity contribution is -0.123. The van der Waals surface area contributed by atoms with Gasteiger partial charge in [-0.3, -0.25) is 14.5 Å². The molecule has 0 saturated heterocycles. The van der Waals surface area contributed by atoms with Gasteiger partial charge in [0.2, 0.25) is 0 Å². The zero-order valence-corrected chi connectivity index (χ0v) is 17.9. The molecule has 0 fully saturated rings. The highest BCUT2D eigenvalue weighted by Crippen LogP contribution is 2.30. The van der Waals surface area contributed by atoms with Crippen molar-refractivity contribution in [3.8, 4) is 11.5 Å². The summed E-state index contributed by atoms with van der Waals surface area (Å²) in [5.41, 5.74) is 3.36. The minimum atomic E-state index is -0.325. The van der Waals surface area contributed by atoms with Crippen molar-refractivity contribution in [1.82, 2.24) is 4.90 Å². The second-order valence-corrected chi connectivity index (χ2v) is 7.27. The summed E-state index contributed by atoms with van der Waals surface area (Å²) in [4.78, 5) is 27.7. The van der Waals surface area contributed by atoms with Crippen LogP contribution in [-0.4, -0.2) is 30.9 Å². The smallest absolute Gasteiger partial charge is 0.261 e. The summed E-state index contributed by atoms with van der Waals surface area (Å²) in [7, 11) is 3.22. The van der Waals surface area contributed by atoms with Gasteiger partial charge in [0.1, 0.15) is 11.5 Å². The zero-order chi connectivity index (χ0) is 22.5. The molecule has 0 N–H and O–H groups in total. The van der Waals surface area contributed by atoms with Crippen LogP contribution in [0, 0.1) is 0 Å². The molecule has 0 aromatic heterocycles. The minimum Gasteiger partial charge on any atom is -0.497 e. The Labute approximate surface area is 187 Å². The summed E-state index contributed by atoms with van der Waals surface area (Å²) in [6, 6.07) is 22.2. The molecule has 1 aliphatic rings. The molecular weight excluding hydrogens is 402 g/mol. The minimum absolute atomic E-state index is 0.184. The maximum Gasteiger partial charge on any atom is 0.261 e. The van der Waals surface area contributed by atoms with Crippen molar-refractivity contribution in [2.24, 2.45) is 0 Å². The van der Waals surface area contributed by atoms with Gasteiger partial charge in [0, 0.05) is 16.7 Å². The predicted octanol–water partition coefficient (Wildman–Crippen LogP) is 4.98. The number of carbonyl (C=O) groups excluding carboxylic acids is 2. The summed E-state index contributed by atoms with van der Waals surface area (Å²) in [5, 5.41) is 0. The van der Waals surface area contributed by atoms with Crippen molar-refractivity contribution in [2.75, 3.05) is 14.2 Å². The van der Waals surface area contributed by atoms with Crippen LogP contribution in [0.3, 0.4) is 0 Å². The van der Waals surface area contributed by atoms with Crippen LogP contribution in [0.5, 0.6) is 11.5 Å². The number of hydrogen-bond donors (Lipinski definition) is 0. The number of fused-ring (bicyclic) bond motifs is 1. The molecule has 0 saturated carbocycles. The van der Waals surface area contributed by atoms with E-state index in [0.717, 1.165) is 22.6 Å². The first-order chi connectivity index (χ1) is 15.6. The molecule has 0 radical (unpaired) electrons. The second-order valence-electron chi connectivity index (χ2n) is 7.27. The average Bonchev–Trinajstić information content (AvgIpc) is 2.84. The summed E-state index contributed by atoms with van der Waals surface area (Å²) in [5.74, 6) is 0.841. The fourth-order valence-corrected chi connectivity index (χ4v) is 3.67. The molecule has 0 spiro atoms. The molecule has 0 atom stereocenters. The Morgan fingerprint density at radius 1 is 0.781 bits per heavy atom. The van der Waals surface area contributed by atoms with Crippen molar-refractivity contribution in [3.63, 3.8) is 0 Å². The number of carbonyl (C=O) groups is 2. The van der Waals surface area contributed by atoms with Gasteiger partial charge in [-0.05, 0) is 41.5 Å². The topological polar surface area (TPSA) is 55.8 Å². The number of benzene rings is 3. The average molecular weight is 425 g/mol.